The van der Waals surface area contributed by atoms with E-state index in [4.69, 9.17) is 5.11 Å². The minimum absolute atomic E-state index is 0.00694. The number of allylic oxidation sites excluding steroid dienone is 1. The van der Waals surface area contributed by atoms with Crippen molar-refractivity contribution in [2.75, 3.05) is 0 Å². The standard InChI is InChI=1S/C13H20O2/c1-10-6-5-8-12(3,4)13(10,15)9-7-11(2)14/h5-6,10-11,14-15H,8H2,1-4H3. The van der Waals surface area contributed by atoms with Gasteiger partial charge < -0.3 is 10.2 Å². The molecular weight excluding hydrogens is 188 g/mol. The van der Waals surface area contributed by atoms with E-state index in [1.54, 1.807) is 6.92 Å². The third-order valence-electron chi connectivity index (χ3n) is 3.22. The van der Waals surface area contributed by atoms with E-state index in [0.29, 0.717) is 0 Å². The van der Waals surface area contributed by atoms with Crippen LogP contribution in [0.4, 0.5) is 0 Å². The zero-order chi connectivity index (χ0) is 11.7. The molecule has 1 rings (SSSR count). The van der Waals surface area contributed by atoms with E-state index >= 15 is 0 Å². The van der Waals surface area contributed by atoms with Crippen LogP contribution >= 0.6 is 0 Å². The number of rotatable bonds is 0. The fourth-order valence-corrected chi connectivity index (χ4v) is 1.98. The van der Waals surface area contributed by atoms with Crippen LogP contribution in [0.5, 0.6) is 0 Å². The molecule has 84 valence electrons. The van der Waals surface area contributed by atoms with Gasteiger partial charge in [-0.3, -0.25) is 0 Å². The summed E-state index contributed by atoms with van der Waals surface area (Å²) < 4.78 is 0. The smallest absolute Gasteiger partial charge is 0.136 e. The highest BCUT2D eigenvalue weighted by Crippen LogP contribution is 2.43. The van der Waals surface area contributed by atoms with Crippen LogP contribution in [0.15, 0.2) is 12.2 Å². The molecule has 2 N–H and O–H groups in total. The van der Waals surface area contributed by atoms with Crippen molar-refractivity contribution in [2.24, 2.45) is 11.3 Å². The second-order valence-corrected chi connectivity index (χ2v) is 5.02. The zero-order valence-corrected chi connectivity index (χ0v) is 9.91. The van der Waals surface area contributed by atoms with Crippen LogP contribution in [0.2, 0.25) is 0 Å². The van der Waals surface area contributed by atoms with Gasteiger partial charge in [0.15, 0.2) is 0 Å². The van der Waals surface area contributed by atoms with Crippen molar-refractivity contribution in [3.05, 3.63) is 12.2 Å². The van der Waals surface area contributed by atoms with Gasteiger partial charge in [-0.25, -0.2) is 0 Å². The predicted octanol–water partition coefficient (Wildman–Crippen LogP) is 1.72. The third-order valence-corrected chi connectivity index (χ3v) is 3.22. The molecule has 1 aliphatic rings. The molecule has 0 amide bonds. The molecule has 2 heteroatoms. The Bertz CT molecular complexity index is 317. The molecule has 1 aliphatic carbocycles. The summed E-state index contributed by atoms with van der Waals surface area (Å²) in [7, 11) is 0. The summed E-state index contributed by atoms with van der Waals surface area (Å²) in [5, 5.41) is 19.7. The van der Waals surface area contributed by atoms with Gasteiger partial charge in [-0.15, -0.1) is 0 Å². The molecule has 0 aliphatic heterocycles. The first-order valence-electron chi connectivity index (χ1n) is 5.39. The minimum atomic E-state index is -1.04. The van der Waals surface area contributed by atoms with Crippen molar-refractivity contribution in [2.45, 2.75) is 45.8 Å². The fourth-order valence-electron chi connectivity index (χ4n) is 1.98. The summed E-state index contributed by atoms with van der Waals surface area (Å²) >= 11 is 0. The molecule has 0 heterocycles. The maximum atomic E-state index is 10.6. The van der Waals surface area contributed by atoms with Crippen molar-refractivity contribution in [1.29, 1.82) is 0 Å². The Hall–Kier alpha value is -0.780. The average molecular weight is 208 g/mol. The molecule has 0 radical (unpaired) electrons. The van der Waals surface area contributed by atoms with Crippen LogP contribution in [-0.2, 0) is 0 Å². The van der Waals surface area contributed by atoms with E-state index in [9.17, 15) is 5.11 Å². The molecule has 3 unspecified atom stereocenters. The van der Waals surface area contributed by atoms with Gasteiger partial charge in [0.2, 0.25) is 0 Å². The van der Waals surface area contributed by atoms with Crippen LogP contribution in [0.3, 0.4) is 0 Å². The largest absolute Gasteiger partial charge is 0.381 e. The predicted molar refractivity (Wildman–Crippen MR) is 61.1 cm³/mol. The van der Waals surface area contributed by atoms with Crippen molar-refractivity contribution in [1.82, 2.24) is 0 Å². The highest BCUT2D eigenvalue weighted by molar-refractivity contribution is 5.27. The molecule has 15 heavy (non-hydrogen) atoms. The quantitative estimate of drug-likeness (QED) is 0.470. The van der Waals surface area contributed by atoms with E-state index in [1.807, 2.05) is 26.8 Å². The first-order valence-corrected chi connectivity index (χ1v) is 5.39. The summed E-state index contributed by atoms with van der Waals surface area (Å²) in [5.41, 5.74) is -1.32. The lowest BCUT2D eigenvalue weighted by Crippen LogP contribution is -2.49. The Morgan fingerprint density at radius 1 is 1.47 bits per heavy atom. The van der Waals surface area contributed by atoms with Gasteiger partial charge in [-0.05, 0) is 13.3 Å². The maximum absolute atomic E-state index is 10.6. The molecule has 0 aromatic carbocycles. The summed E-state index contributed by atoms with van der Waals surface area (Å²) in [5.74, 6) is 5.50. The number of aliphatic hydroxyl groups excluding tert-OH is 1. The highest BCUT2D eigenvalue weighted by atomic mass is 16.3. The van der Waals surface area contributed by atoms with E-state index in [1.165, 1.54) is 0 Å². The molecule has 0 fully saturated rings. The average Bonchev–Trinajstić information content (AvgIpc) is 2.11. The Morgan fingerprint density at radius 3 is 2.53 bits per heavy atom. The molecule has 3 atom stereocenters. The van der Waals surface area contributed by atoms with Gasteiger partial charge in [0.25, 0.3) is 0 Å². The fraction of sp³-hybridized carbons (Fsp3) is 0.692. The first-order chi connectivity index (χ1) is 6.79. The zero-order valence-electron chi connectivity index (χ0n) is 9.91. The topological polar surface area (TPSA) is 40.5 Å². The van der Waals surface area contributed by atoms with E-state index < -0.39 is 11.7 Å². The molecule has 0 aromatic heterocycles. The monoisotopic (exact) mass is 208 g/mol. The van der Waals surface area contributed by atoms with Gasteiger partial charge in [0.05, 0.1) is 0 Å². The summed E-state index contributed by atoms with van der Waals surface area (Å²) in [6.45, 7) is 7.56. The molecule has 0 saturated carbocycles. The number of hydrogen-bond acceptors (Lipinski definition) is 2. The lowest BCUT2D eigenvalue weighted by molar-refractivity contribution is -0.0487. The third kappa shape index (κ3) is 2.25. The molecule has 0 spiro atoms. The van der Waals surface area contributed by atoms with Gasteiger partial charge in [-0.1, -0.05) is 44.8 Å². The maximum Gasteiger partial charge on any atom is 0.136 e. The normalized spacial score (nSPS) is 35.5. The first kappa shape index (κ1) is 12.3. The Kier molecular flexibility index (Phi) is 3.28. The van der Waals surface area contributed by atoms with Crippen LogP contribution < -0.4 is 0 Å². The summed E-state index contributed by atoms with van der Waals surface area (Å²) in [4.78, 5) is 0. The van der Waals surface area contributed by atoms with Crippen molar-refractivity contribution in [3.63, 3.8) is 0 Å². The lowest BCUT2D eigenvalue weighted by atomic mass is 9.64. The minimum Gasteiger partial charge on any atom is -0.381 e. The van der Waals surface area contributed by atoms with Gasteiger partial charge in [0.1, 0.15) is 11.7 Å². The second-order valence-electron chi connectivity index (χ2n) is 5.02. The van der Waals surface area contributed by atoms with E-state index in [0.717, 1.165) is 6.42 Å². The van der Waals surface area contributed by atoms with Gasteiger partial charge in [0, 0.05) is 11.3 Å². The summed E-state index contributed by atoms with van der Waals surface area (Å²) in [6.07, 6.45) is 4.19. The Labute approximate surface area is 92.0 Å². The van der Waals surface area contributed by atoms with Crippen molar-refractivity contribution < 1.29 is 10.2 Å². The molecular formula is C13H20O2. The Balaban J connectivity index is 3.08. The van der Waals surface area contributed by atoms with Gasteiger partial charge in [-0.2, -0.15) is 0 Å². The van der Waals surface area contributed by atoms with Crippen LogP contribution in [-0.4, -0.2) is 21.9 Å². The highest BCUT2D eigenvalue weighted by Gasteiger charge is 2.46. The molecule has 0 bridgehead atoms. The lowest BCUT2D eigenvalue weighted by Gasteiger charge is -2.44. The van der Waals surface area contributed by atoms with Crippen LogP contribution in [0.1, 0.15) is 34.1 Å². The second kappa shape index (κ2) is 4.00. The molecule has 0 saturated heterocycles. The molecule has 0 aromatic rings. The Morgan fingerprint density at radius 2 is 2.07 bits per heavy atom. The molecule has 2 nitrogen and oxygen atoms in total. The van der Waals surface area contributed by atoms with Gasteiger partial charge >= 0.3 is 0 Å². The summed E-state index contributed by atoms with van der Waals surface area (Å²) in [6, 6.07) is 0. The SMILES string of the molecule is CC(O)C#CC1(O)C(C)C=CCC1(C)C. The van der Waals surface area contributed by atoms with Crippen LogP contribution in [0.25, 0.3) is 0 Å². The number of aliphatic hydroxyl groups is 2. The van der Waals surface area contributed by atoms with E-state index in [2.05, 4.69) is 17.9 Å². The number of hydrogen-bond donors (Lipinski definition) is 2. The van der Waals surface area contributed by atoms with Crippen molar-refractivity contribution in [3.8, 4) is 11.8 Å². The van der Waals surface area contributed by atoms with Crippen LogP contribution in [0, 0.1) is 23.2 Å². The van der Waals surface area contributed by atoms with E-state index in [-0.39, 0.29) is 11.3 Å². The van der Waals surface area contributed by atoms with Crippen molar-refractivity contribution >= 4 is 0 Å².